The van der Waals surface area contributed by atoms with Crippen molar-refractivity contribution in [2.75, 3.05) is 5.32 Å². The molecule has 6 rings (SSSR count). The first-order chi connectivity index (χ1) is 15.1. The first kappa shape index (κ1) is 17.8. The van der Waals surface area contributed by atoms with Crippen LogP contribution in [0.2, 0.25) is 0 Å². The van der Waals surface area contributed by atoms with Crippen molar-refractivity contribution < 1.29 is 4.74 Å². The summed E-state index contributed by atoms with van der Waals surface area (Å²) in [6, 6.07) is 8.22. The molecule has 4 heterocycles. The van der Waals surface area contributed by atoms with Crippen molar-refractivity contribution in [2.24, 2.45) is 0 Å². The van der Waals surface area contributed by atoms with Crippen LogP contribution in [0.5, 0.6) is 11.5 Å². The number of fused-ring (bicyclic) bond motifs is 6. The average Bonchev–Trinajstić information content (AvgIpc) is 3.40. The molecule has 1 N–H and O–H groups in total. The van der Waals surface area contributed by atoms with Crippen molar-refractivity contribution in [3.8, 4) is 34.3 Å². The highest BCUT2D eigenvalue weighted by atomic mass is 16.5. The number of benzene rings is 2. The second-order valence-electron chi connectivity index (χ2n) is 8.04. The third-order valence-electron chi connectivity index (χ3n) is 6.15. The quantitative estimate of drug-likeness (QED) is 0.457. The number of nitrogens with one attached hydrogen (secondary N) is 1. The fraction of sp³-hybridized carbons (Fsp3) is 0.208. The second kappa shape index (κ2) is 6.47. The number of hydrogen-bond donors (Lipinski definition) is 1. The van der Waals surface area contributed by atoms with E-state index in [1.807, 2.05) is 29.1 Å². The molecule has 4 aromatic rings. The van der Waals surface area contributed by atoms with Gasteiger partial charge in [0, 0.05) is 35.6 Å². The molecule has 7 nitrogen and oxygen atoms in total. The van der Waals surface area contributed by atoms with Gasteiger partial charge in [-0.2, -0.15) is 0 Å². The van der Waals surface area contributed by atoms with Crippen molar-refractivity contribution in [3.05, 3.63) is 71.0 Å². The standard InChI is InChI=1S/C24H20N6O/c1-14-8-16(10-19-18(14)4-6-30-21(25-3)12-27-24(19)30)31-17-9-15(2)22-20(11-17)23-26-5-7-29(23)13-28-22/h5,7-12,28H,4,6,13H2,1-2H3. The van der Waals surface area contributed by atoms with Crippen LogP contribution in [0.3, 0.4) is 0 Å². The lowest BCUT2D eigenvalue weighted by molar-refractivity contribution is 0.481. The van der Waals surface area contributed by atoms with Gasteiger partial charge in [0.05, 0.1) is 19.4 Å². The molecular weight excluding hydrogens is 388 g/mol. The van der Waals surface area contributed by atoms with Crippen molar-refractivity contribution >= 4 is 11.5 Å². The Morgan fingerprint density at radius 3 is 2.68 bits per heavy atom. The molecule has 2 aromatic carbocycles. The van der Waals surface area contributed by atoms with Gasteiger partial charge in [-0.15, -0.1) is 0 Å². The molecule has 0 spiro atoms. The van der Waals surface area contributed by atoms with E-state index in [2.05, 4.69) is 50.7 Å². The van der Waals surface area contributed by atoms with Crippen LogP contribution in [0.15, 0.2) is 42.9 Å². The molecular formula is C24H20N6O. The van der Waals surface area contributed by atoms with Crippen molar-refractivity contribution in [3.63, 3.8) is 0 Å². The van der Waals surface area contributed by atoms with Gasteiger partial charge in [-0.1, -0.05) is 6.57 Å². The summed E-state index contributed by atoms with van der Waals surface area (Å²) in [4.78, 5) is 12.6. The fourth-order valence-electron chi connectivity index (χ4n) is 4.69. The van der Waals surface area contributed by atoms with Crippen LogP contribution in [0, 0.1) is 20.4 Å². The van der Waals surface area contributed by atoms with Gasteiger partial charge in [-0.3, -0.25) is 4.57 Å². The minimum Gasteiger partial charge on any atom is -0.457 e. The van der Waals surface area contributed by atoms with Crippen molar-refractivity contribution in [1.29, 1.82) is 0 Å². The van der Waals surface area contributed by atoms with E-state index in [0.29, 0.717) is 12.5 Å². The summed E-state index contributed by atoms with van der Waals surface area (Å²) < 4.78 is 10.4. The van der Waals surface area contributed by atoms with Crippen LogP contribution in [-0.4, -0.2) is 19.1 Å². The number of rotatable bonds is 2. The summed E-state index contributed by atoms with van der Waals surface area (Å²) in [6.07, 6.45) is 6.34. The highest BCUT2D eigenvalue weighted by Gasteiger charge is 2.25. The number of hydrogen-bond acceptors (Lipinski definition) is 4. The van der Waals surface area contributed by atoms with E-state index < -0.39 is 0 Å². The lowest BCUT2D eigenvalue weighted by Gasteiger charge is -2.23. The Morgan fingerprint density at radius 2 is 1.84 bits per heavy atom. The normalized spacial score (nSPS) is 13.3. The summed E-state index contributed by atoms with van der Waals surface area (Å²) >= 11 is 0. The van der Waals surface area contributed by atoms with Gasteiger partial charge < -0.3 is 19.5 Å². The van der Waals surface area contributed by atoms with Crippen LogP contribution in [0.4, 0.5) is 11.5 Å². The molecule has 31 heavy (non-hydrogen) atoms. The molecule has 2 aliphatic rings. The van der Waals surface area contributed by atoms with E-state index in [0.717, 1.165) is 58.5 Å². The predicted molar refractivity (Wildman–Crippen MR) is 118 cm³/mol. The van der Waals surface area contributed by atoms with E-state index >= 15 is 0 Å². The van der Waals surface area contributed by atoms with Gasteiger partial charge in [-0.25, -0.2) is 9.97 Å². The lowest BCUT2D eigenvalue weighted by Crippen LogP contribution is -2.16. The zero-order chi connectivity index (χ0) is 21.1. The average molecular weight is 408 g/mol. The topological polar surface area (TPSA) is 61.3 Å². The molecule has 0 saturated heterocycles. The predicted octanol–water partition coefficient (Wildman–Crippen LogP) is 5.31. The van der Waals surface area contributed by atoms with Crippen LogP contribution in [-0.2, 0) is 19.6 Å². The Morgan fingerprint density at radius 1 is 1.03 bits per heavy atom. The zero-order valence-corrected chi connectivity index (χ0v) is 17.3. The number of aromatic nitrogens is 4. The lowest BCUT2D eigenvalue weighted by atomic mass is 9.95. The van der Waals surface area contributed by atoms with Gasteiger partial charge >= 0.3 is 0 Å². The van der Waals surface area contributed by atoms with Gasteiger partial charge in [0.1, 0.15) is 17.3 Å². The number of anilines is 1. The molecule has 0 bridgehead atoms. The Balaban J connectivity index is 1.42. The van der Waals surface area contributed by atoms with Gasteiger partial charge in [0.2, 0.25) is 11.6 Å². The molecule has 0 amide bonds. The Hall–Kier alpha value is -4.05. The van der Waals surface area contributed by atoms with Crippen molar-refractivity contribution in [1.82, 2.24) is 19.1 Å². The third kappa shape index (κ3) is 2.65. The maximum atomic E-state index is 7.38. The summed E-state index contributed by atoms with van der Waals surface area (Å²) in [5.74, 6) is 3.91. The van der Waals surface area contributed by atoms with Crippen molar-refractivity contribution in [2.45, 2.75) is 33.5 Å². The minimum absolute atomic E-state index is 0.581. The molecule has 0 fully saturated rings. The number of nitrogens with zero attached hydrogens (tertiary/aromatic N) is 5. The smallest absolute Gasteiger partial charge is 0.250 e. The first-order valence-corrected chi connectivity index (χ1v) is 10.3. The summed E-state index contributed by atoms with van der Waals surface area (Å²) in [7, 11) is 0. The van der Waals surface area contributed by atoms with Crippen LogP contribution < -0.4 is 10.1 Å². The van der Waals surface area contributed by atoms with E-state index in [1.165, 1.54) is 11.1 Å². The van der Waals surface area contributed by atoms with E-state index in [1.54, 1.807) is 6.20 Å². The molecule has 152 valence electrons. The summed E-state index contributed by atoms with van der Waals surface area (Å²) in [5.41, 5.74) is 6.75. The van der Waals surface area contributed by atoms with Crippen LogP contribution in [0.25, 0.3) is 27.6 Å². The second-order valence-corrected chi connectivity index (χ2v) is 8.04. The molecule has 0 unspecified atom stereocenters. The van der Waals surface area contributed by atoms with Crippen LogP contribution >= 0.6 is 0 Å². The largest absolute Gasteiger partial charge is 0.457 e. The minimum atomic E-state index is 0.581. The number of aryl methyl sites for hydroxylation is 2. The van der Waals surface area contributed by atoms with Gasteiger partial charge in [0.25, 0.3) is 0 Å². The maximum Gasteiger partial charge on any atom is 0.250 e. The Kier molecular flexibility index (Phi) is 3.71. The molecule has 7 heteroatoms. The SMILES string of the molecule is [C-]#[N+]c1cnc2n1CCc1c(C)cc(Oc3cc(C)c4c(c3)-c3nccn3CN4)cc1-2. The van der Waals surface area contributed by atoms with E-state index in [4.69, 9.17) is 11.3 Å². The molecule has 0 radical (unpaired) electrons. The summed E-state index contributed by atoms with van der Waals surface area (Å²) in [6.45, 7) is 13.1. The van der Waals surface area contributed by atoms with Crippen LogP contribution in [0.1, 0.15) is 16.7 Å². The summed E-state index contributed by atoms with van der Waals surface area (Å²) in [5, 5.41) is 3.47. The molecule has 0 atom stereocenters. The molecule has 2 aliphatic heterocycles. The molecule has 0 aliphatic carbocycles. The molecule has 2 aromatic heterocycles. The van der Waals surface area contributed by atoms with Gasteiger partial charge in [-0.05, 0) is 54.8 Å². The Bertz CT molecular complexity index is 1400. The zero-order valence-electron chi connectivity index (χ0n) is 17.3. The Labute approximate surface area is 179 Å². The number of ether oxygens (including phenoxy) is 1. The van der Waals surface area contributed by atoms with E-state index in [-0.39, 0.29) is 0 Å². The van der Waals surface area contributed by atoms with Gasteiger partial charge in [0.15, 0.2) is 0 Å². The first-order valence-electron chi connectivity index (χ1n) is 10.3. The number of imidazole rings is 2. The third-order valence-corrected chi connectivity index (χ3v) is 6.15. The fourth-order valence-corrected chi connectivity index (χ4v) is 4.69. The van der Waals surface area contributed by atoms with E-state index in [9.17, 15) is 0 Å². The highest BCUT2D eigenvalue weighted by molar-refractivity contribution is 5.80. The monoisotopic (exact) mass is 408 g/mol. The maximum absolute atomic E-state index is 7.38. The molecule has 0 saturated carbocycles. The highest BCUT2D eigenvalue weighted by Crippen LogP contribution is 2.40.